The molecule has 0 aliphatic carbocycles. The lowest BCUT2D eigenvalue weighted by Crippen LogP contribution is -2.44. The van der Waals surface area contributed by atoms with Gasteiger partial charge in [0.15, 0.2) is 5.11 Å². The van der Waals surface area contributed by atoms with E-state index in [1.165, 1.54) is 12.1 Å². The fraction of sp³-hybridized carbons (Fsp3) is 0.176. The maximum atomic E-state index is 13.0. The molecule has 1 N–H and O–H groups in total. The van der Waals surface area contributed by atoms with E-state index in [1.807, 2.05) is 35.2 Å². The molecule has 120 valence electrons. The Morgan fingerprint density at radius 3 is 2.17 bits per heavy atom. The van der Waals surface area contributed by atoms with Crippen LogP contribution in [0.1, 0.15) is 11.1 Å². The molecule has 0 saturated carbocycles. The standard InChI is InChI=1S/C17H17FN2O2S/c18-15-8-6-14(7-9-15)12-20(17(23)19-10-16(21)22)11-13-4-2-1-3-5-13/h1-9H,10-12H2,(H,19,23)(H,21,22)/p-1. The van der Waals surface area contributed by atoms with Crippen molar-refractivity contribution < 1.29 is 14.3 Å². The predicted octanol–water partition coefficient (Wildman–Crippen LogP) is 1.45. The summed E-state index contributed by atoms with van der Waals surface area (Å²) >= 11 is 5.27. The summed E-state index contributed by atoms with van der Waals surface area (Å²) in [7, 11) is 0. The van der Waals surface area contributed by atoms with Gasteiger partial charge in [-0.2, -0.15) is 0 Å². The average Bonchev–Trinajstić information content (AvgIpc) is 2.55. The highest BCUT2D eigenvalue weighted by molar-refractivity contribution is 7.80. The minimum Gasteiger partial charge on any atom is -0.548 e. The molecule has 0 atom stereocenters. The highest BCUT2D eigenvalue weighted by Crippen LogP contribution is 2.11. The third-order valence-electron chi connectivity index (χ3n) is 3.17. The summed E-state index contributed by atoms with van der Waals surface area (Å²) in [6.45, 7) is 0.596. The molecule has 23 heavy (non-hydrogen) atoms. The lowest BCUT2D eigenvalue weighted by Gasteiger charge is -2.26. The predicted molar refractivity (Wildman–Crippen MR) is 87.7 cm³/mol. The van der Waals surface area contributed by atoms with Gasteiger partial charge in [0.25, 0.3) is 0 Å². The first-order valence-electron chi connectivity index (χ1n) is 7.05. The van der Waals surface area contributed by atoms with Gasteiger partial charge in [0.05, 0.1) is 12.5 Å². The van der Waals surface area contributed by atoms with Crippen molar-refractivity contribution in [3.63, 3.8) is 0 Å². The van der Waals surface area contributed by atoms with Crippen LogP contribution in [0.5, 0.6) is 0 Å². The smallest absolute Gasteiger partial charge is 0.169 e. The SMILES string of the molecule is O=C([O-])CNC(=S)N(Cc1ccccc1)Cc1ccc(F)cc1. The number of nitrogens with zero attached hydrogens (tertiary/aromatic N) is 1. The number of thiocarbonyl (C=S) groups is 1. The van der Waals surface area contributed by atoms with E-state index in [1.54, 1.807) is 12.1 Å². The van der Waals surface area contributed by atoms with Gasteiger partial charge in [-0.3, -0.25) is 0 Å². The number of carbonyl (C=O) groups is 1. The molecule has 0 aliphatic heterocycles. The maximum Gasteiger partial charge on any atom is 0.169 e. The van der Waals surface area contributed by atoms with Crippen molar-refractivity contribution in [1.29, 1.82) is 0 Å². The lowest BCUT2D eigenvalue weighted by atomic mass is 10.2. The summed E-state index contributed by atoms with van der Waals surface area (Å²) in [5, 5.41) is 13.6. The maximum absolute atomic E-state index is 13.0. The molecule has 0 amide bonds. The molecule has 0 spiro atoms. The molecular weight excluding hydrogens is 315 g/mol. The van der Waals surface area contributed by atoms with Crippen molar-refractivity contribution in [2.45, 2.75) is 13.1 Å². The van der Waals surface area contributed by atoms with Crippen LogP contribution in [0.15, 0.2) is 54.6 Å². The molecule has 0 aromatic heterocycles. The minimum absolute atomic E-state index is 0.305. The first-order valence-corrected chi connectivity index (χ1v) is 7.46. The summed E-state index contributed by atoms with van der Waals surface area (Å²) in [5.74, 6) is -1.53. The zero-order valence-corrected chi connectivity index (χ0v) is 13.2. The van der Waals surface area contributed by atoms with Crippen LogP contribution in [0, 0.1) is 5.82 Å². The number of nitrogens with one attached hydrogen (secondary N) is 1. The Labute approximate surface area is 139 Å². The van der Waals surface area contributed by atoms with Crippen LogP contribution >= 0.6 is 12.2 Å². The van der Waals surface area contributed by atoms with Gasteiger partial charge in [0.1, 0.15) is 5.82 Å². The second-order valence-electron chi connectivity index (χ2n) is 5.00. The lowest BCUT2D eigenvalue weighted by molar-refractivity contribution is -0.303. The Bertz CT molecular complexity index is 662. The average molecular weight is 331 g/mol. The van der Waals surface area contributed by atoms with E-state index < -0.39 is 5.97 Å². The molecule has 0 aliphatic rings. The van der Waals surface area contributed by atoms with E-state index >= 15 is 0 Å². The van der Waals surface area contributed by atoms with Gasteiger partial charge in [-0.05, 0) is 35.5 Å². The summed E-state index contributed by atoms with van der Waals surface area (Å²) < 4.78 is 13.0. The van der Waals surface area contributed by atoms with Gasteiger partial charge in [-0.15, -0.1) is 0 Å². The van der Waals surface area contributed by atoms with Gasteiger partial charge in [-0.1, -0.05) is 42.5 Å². The van der Waals surface area contributed by atoms with Gasteiger partial charge in [-0.25, -0.2) is 4.39 Å². The van der Waals surface area contributed by atoms with Gasteiger partial charge in [0.2, 0.25) is 0 Å². The van der Waals surface area contributed by atoms with E-state index in [-0.39, 0.29) is 12.4 Å². The number of halogens is 1. The van der Waals surface area contributed by atoms with Crippen LogP contribution in [0.4, 0.5) is 4.39 Å². The molecule has 0 radical (unpaired) electrons. The molecule has 2 aromatic rings. The Kier molecular flexibility index (Phi) is 6.05. The molecule has 0 bridgehead atoms. The summed E-state index contributed by atoms with van der Waals surface area (Å²) in [5.41, 5.74) is 1.91. The van der Waals surface area contributed by atoms with Crippen LogP contribution in [0.2, 0.25) is 0 Å². The number of hydrogen-bond acceptors (Lipinski definition) is 3. The Balaban J connectivity index is 2.11. The Morgan fingerprint density at radius 1 is 1.04 bits per heavy atom. The third-order valence-corrected chi connectivity index (χ3v) is 3.58. The van der Waals surface area contributed by atoms with E-state index in [0.29, 0.717) is 18.2 Å². The highest BCUT2D eigenvalue weighted by Gasteiger charge is 2.11. The fourth-order valence-corrected chi connectivity index (χ4v) is 2.27. The van der Waals surface area contributed by atoms with Crippen LogP contribution < -0.4 is 10.4 Å². The van der Waals surface area contributed by atoms with Gasteiger partial charge in [0, 0.05) is 13.1 Å². The molecule has 2 rings (SSSR count). The molecule has 4 nitrogen and oxygen atoms in total. The van der Waals surface area contributed by atoms with Gasteiger partial charge >= 0.3 is 0 Å². The number of aliphatic carboxylic acids is 1. The molecular formula is C17H16FN2O2S-. The molecule has 0 fully saturated rings. The van der Waals surface area contributed by atoms with Crippen LogP contribution in [0.25, 0.3) is 0 Å². The first-order chi connectivity index (χ1) is 11.0. The molecule has 0 saturated heterocycles. The van der Waals surface area contributed by atoms with Crippen molar-refractivity contribution in [1.82, 2.24) is 10.2 Å². The molecule has 0 heterocycles. The van der Waals surface area contributed by atoms with E-state index in [2.05, 4.69) is 5.32 Å². The first kappa shape index (κ1) is 16.9. The highest BCUT2D eigenvalue weighted by atomic mass is 32.1. The normalized spacial score (nSPS) is 10.1. The number of carbonyl (C=O) groups excluding carboxylic acids is 1. The van der Waals surface area contributed by atoms with Crippen LogP contribution in [0.3, 0.4) is 0 Å². The number of carboxylic acid groups (broad SMARTS) is 1. The zero-order valence-electron chi connectivity index (χ0n) is 12.4. The second kappa shape index (κ2) is 8.24. The number of benzene rings is 2. The largest absolute Gasteiger partial charge is 0.548 e. The van der Waals surface area contributed by atoms with Crippen molar-refractivity contribution >= 4 is 23.3 Å². The van der Waals surface area contributed by atoms with Crippen molar-refractivity contribution in [2.75, 3.05) is 6.54 Å². The third kappa shape index (κ3) is 5.67. The summed E-state index contributed by atoms with van der Waals surface area (Å²) in [6.07, 6.45) is 0. The zero-order chi connectivity index (χ0) is 16.7. The van der Waals surface area contributed by atoms with E-state index in [9.17, 15) is 14.3 Å². The second-order valence-corrected chi connectivity index (χ2v) is 5.39. The van der Waals surface area contributed by atoms with Crippen LogP contribution in [-0.2, 0) is 17.9 Å². The summed E-state index contributed by atoms with van der Waals surface area (Å²) in [6, 6.07) is 15.8. The number of rotatable bonds is 6. The summed E-state index contributed by atoms with van der Waals surface area (Å²) in [4.78, 5) is 12.4. The molecule has 0 unspecified atom stereocenters. The Morgan fingerprint density at radius 2 is 1.61 bits per heavy atom. The number of carboxylic acids is 1. The topological polar surface area (TPSA) is 55.4 Å². The quantitative estimate of drug-likeness (QED) is 0.812. The van der Waals surface area contributed by atoms with Crippen molar-refractivity contribution in [3.8, 4) is 0 Å². The van der Waals surface area contributed by atoms with E-state index in [0.717, 1.165) is 11.1 Å². The molecule has 2 aromatic carbocycles. The Hall–Kier alpha value is -2.47. The number of hydrogen-bond donors (Lipinski definition) is 1. The van der Waals surface area contributed by atoms with Gasteiger partial charge < -0.3 is 20.1 Å². The van der Waals surface area contributed by atoms with Crippen LogP contribution in [-0.4, -0.2) is 22.5 Å². The van der Waals surface area contributed by atoms with Crippen molar-refractivity contribution in [2.24, 2.45) is 0 Å². The van der Waals surface area contributed by atoms with E-state index in [4.69, 9.17) is 12.2 Å². The fourth-order valence-electron chi connectivity index (χ4n) is 2.07. The molecule has 6 heteroatoms. The van der Waals surface area contributed by atoms with Crippen molar-refractivity contribution in [3.05, 3.63) is 71.5 Å². The monoisotopic (exact) mass is 331 g/mol. The minimum atomic E-state index is -1.23.